The number of unbranched alkanes of at least 4 members (excludes halogenated alkanes) is 1. The number of methoxy groups -OCH3 is 1. The maximum absolute atomic E-state index is 12.7. The fourth-order valence-electron chi connectivity index (χ4n) is 3.17. The predicted molar refractivity (Wildman–Crippen MR) is 117 cm³/mol. The van der Waals surface area contributed by atoms with Crippen LogP contribution in [0, 0.1) is 0 Å². The van der Waals surface area contributed by atoms with Gasteiger partial charge in [0.1, 0.15) is 11.8 Å². The van der Waals surface area contributed by atoms with Crippen LogP contribution < -0.4 is 10.1 Å². The number of benzene rings is 1. The van der Waals surface area contributed by atoms with E-state index in [0.29, 0.717) is 34.7 Å². The highest BCUT2D eigenvalue weighted by Gasteiger charge is 2.36. The van der Waals surface area contributed by atoms with Gasteiger partial charge < -0.3 is 14.8 Å². The Morgan fingerprint density at radius 3 is 2.86 bits per heavy atom. The van der Waals surface area contributed by atoms with E-state index in [4.69, 9.17) is 9.47 Å². The summed E-state index contributed by atoms with van der Waals surface area (Å²) in [6.07, 6.45) is 1.99. The summed E-state index contributed by atoms with van der Waals surface area (Å²) >= 11 is 5.10. The van der Waals surface area contributed by atoms with Gasteiger partial charge in [-0.15, -0.1) is 5.10 Å². The third-order valence-electron chi connectivity index (χ3n) is 4.53. The summed E-state index contributed by atoms with van der Waals surface area (Å²) in [5.41, 5.74) is 2.00. The molecule has 0 fully saturated rings. The fraction of sp³-hybridized carbons (Fsp3) is 0.450. The van der Waals surface area contributed by atoms with Crippen molar-refractivity contribution in [3.8, 4) is 5.75 Å². The Hall–Kier alpha value is -2.00. The van der Waals surface area contributed by atoms with Crippen LogP contribution in [-0.2, 0) is 9.53 Å². The van der Waals surface area contributed by atoms with E-state index in [0.717, 1.165) is 28.6 Å². The van der Waals surface area contributed by atoms with Gasteiger partial charge in [0, 0.05) is 15.7 Å². The van der Waals surface area contributed by atoms with Gasteiger partial charge in [-0.3, -0.25) is 0 Å². The number of esters is 1. The van der Waals surface area contributed by atoms with Crippen molar-refractivity contribution in [2.24, 2.45) is 0 Å². The van der Waals surface area contributed by atoms with Crippen molar-refractivity contribution in [2.75, 3.05) is 24.8 Å². The van der Waals surface area contributed by atoms with Crippen LogP contribution in [0.4, 0.5) is 5.95 Å². The molecule has 29 heavy (non-hydrogen) atoms. The molecule has 0 spiro atoms. The summed E-state index contributed by atoms with van der Waals surface area (Å²) in [4.78, 5) is 17.3. The molecular weight excluding hydrogens is 456 g/mol. The van der Waals surface area contributed by atoms with E-state index in [-0.39, 0.29) is 0 Å². The zero-order valence-electron chi connectivity index (χ0n) is 17.0. The number of halogens is 1. The number of allylic oxidation sites excluding steroid dienone is 1. The zero-order valence-corrected chi connectivity index (χ0v) is 19.4. The van der Waals surface area contributed by atoms with Gasteiger partial charge in [-0.25, -0.2) is 9.48 Å². The molecule has 3 rings (SSSR count). The standard InChI is InChI=1S/C20H25BrN4O3S/c1-5-7-10-28-15-9-8-13(21)11-14(15)17-16(18(26)27-4)12(3)22-19-23-20(29-6-2)24-25(17)19/h8-9,11,17H,5-7,10H2,1-4H3,(H,22,23,24). The van der Waals surface area contributed by atoms with Gasteiger partial charge in [-0.2, -0.15) is 4.98 Å². The first-order valence-corrected chi connectivity index (χ1v) is 11.4. The lowest BCUT2D eigenvalue weighted by Crippen LogP contribution is -2.29. The van der Waals surface area contributed by atoms with Crippen LogP contribution >= 0.6 is 27.7 Å². The fourth-order valence-corrected chi connectivity index (χ4v) is 4.11. The Bertz CT molecular complexity index is 928. The van der Waals surface area contributed by atoms with Crippen molar-refractivity contribution < 1.29 is 14.3 Å². The second kappa shape index (κ2) is 9.67. The highest BCUT2D eigenvalue weighted by Crippen LogP contribution is 2.41. The van der Waals surface area contributed by atoms with Crippen LogP contribution in [0.3, 0.4) is 0 Å². The van der Waals surface area contributed by atoms with Crippen LogP contribution in [0.2, 0.25) is 0 Å². The van der Waals surface area contributed by atoms with Crippen molar-refractivity contribution in [2.45, 2.75) is 44.8 Å². The Balaban J connectivity index is 2.16. The molecule has 1 N–H and O–H groups in total. The highest BCUT2D eigenvalue weighted by molar-refractivity contribution is 9.10. The smallest absolute Gasteiger partial charge is 0.338 e. The minimum atomic E-state index is -0.508. The zero-order chi connectivity index (χ0) is 21.0. The molecule has 1 aliphatic rings. The second-order valence-corrected chi connectivity index (χ2v) is 8.68. The summed E-state index contributed by atoms with van der Waals surface area (Å²) in [5, 5.41) is 8.51. The number of rotatable bonds is 8. The lowest BCUT2D eigenvalue weighted by molar-refractivity contribution is -0.136. The molecule has 0 radical (unpaired) electrons. The summed E-state index contributed by atoms with van der Waals surface area (Å²) in [6.45, 7) is 6.62. The van der Waals surface area contributed by atoms with E-state index in [1.807, 2.05) is 32.0 Å². The number of ether oxygens (including phenoxy) is 2. The number of hydrogen-bond acceptors (Lipinski definition) is 7. The molecule has 2 aromatic rings. The third-order valence-corrected chi connectivity index (χ3v) is 5.75. The molecule has 9 heteroatoms. The van der Waals surface area contributed by atoms with Crippen molar-refractivity contribution in [3.63, 3.8) is 0 Å². The number of anilines is 1. The molecule has 1 atom stereocenters. The predicted octanol–water partition coefficient (Wildman–Crippen LogP) is 4.79. The van der Waals surface area contributed by atoms with Crippen molar-refractivity contribution in [1.29, 1.82) is 0 Å². The average molecular weight is 481 g/mol. The first-order valence-electron chi connectivity index (χ1n) is 9.57. The minimum Gasteiger partial charge on any atom is -0.493 e. The van der Waals surface area contributed by atoms with Gasteiger partial charge in [-0.05, 0) is 37.3 Å². The van der Waals surface area contributed by atoms with Crippen LogP contribution in [-0.4, -0.2) is 40.2 Å². The number of carbonyl (C=O) groups is 1. The van der Waals surface area contributed by atoms with Crippen LogP contribution in [0.5, 0.6) is 5.75 Å². The van der Waals surface area contributed by atoms with Crippen LogP contribution in [0.1, 0.15) is 45.2 Å². The van der Waals surface area contributed by atoms with Gasteiger partial charge >= 0.3 is 5.97 Å². The number of nitrogens with one attached hydrogen (secondary N) is 1. The average Bonchev–Trinajstić information content (AvgIpc) is 3.09. The molecule has 1 aliphatic heterocycles. The molecular formula is C20H25BrN4O3S. The van der Waals surface area contributed by atoms with Gasteiger partial charge in [0.2, 0.25) is 11.1 Å². The number of aromatic nitrogens is 3. The third kappa shape index (κ3) is 4.61. The Labute approximate surface area is 183 Å². The quantitative estimate of drug-likeness (QED) is 0.330. The molecule has 0 bridgehead atoms. The number of carbonyl (C=O) groups excluding carboxylic acids is 1. The molecule has 0 saturated carbocycles. The molecule has 1 unspecified atom stereocenters. The maximum atomic E-state index is 12.7. The Morgan fingerprint density at radius 2 is 2.17 bits per heavy atom. The van der Waals surface area contributed by atoms with E-state index in [9.17, 15) is 4.79 Å². The second-order valence-electron chi connectivity index (χ2n) is 6.54. The van der Waals surface area contributed by atoms with Gasteiger partial charge in [0.25, 0.3) is 0 Å². The first-order chi connectivity index (χ1) is 14.0. The van der Waals surface area contributed by atoms with Gasteiger partial charge in [-0.1, -0.05) is 48.0 Å². The molecule has 0 aliphatic carbocycles. The number of thioether (sulfide) groups is 1. The SMILES string of the molecule is CCCCOc1ccc(Br)cc1C1C(C(=O)OC)=C(C)Nc2nc(SCC)nn21. The molecule has 156 valence electrons. The summed E-state index contributed by atoms with van der Waals surface area (Å²) in [7, 11) is 1.38. The van der Waals surface area contributed by atoms with E-state index in [1.54, 1.807) is 16.4 Å². The molecule has 0 saturated heterocycles. The normalized spacial score (nSPS) is 15.7. The summed E-state index contributed by atoms with van der Waals surface area (Å²) < 4.78 is 13.8. The number of nitrogens with zero attached hydrogens (tertiary/aromatic N) is 3. The summed E-state index contributed by atoms with van der Waals surface area (Å²) in [6, 6.07) is 5.30. The van der Waals surface area contributed by atoms with Crippen molar-refractivity contribution in [1.82, 2.24) is 14.8 Å². The minimum absolute atomic E-state index is 0.412. The van der Waals surface area contributed by atoms with E-state index in [2.05, 4.69) is 38.3 Å². The van der Waals surface area contributed by atoms with Gasteiger partial charge in [0.05, 0.1) is 19.3 Å². The lowest BCUT2D eigenvalue weighted by atomic mass is 9.95. The topological polar surface area (TPSA) is 78.3 Å². The van der Waals surface area contributed by atoms with E-state index in [1.165, 1.54) is 7.11 Å². The largest absolute Gasteiger partial charge is 0.493 e. The lowest BCUT2D eigenvalue weighted by Gasteiger charge is -2.29. The number of fused-ring (bicyclic) bond motifs is 1. The van der Waals surface area contributed by atoms with E-state index < -0.39 is 12.0 Å². The van der Waals surface area contributed by atoms with Gasteiger partial charge in [0.15, 0.2) is 0 Å². The van der Waals surface area contributed by atoms with E-state index >= 15 is 0 Å². The highest BCUT2D eigenvalue weighted by atomic mass is 79.9. The molecule has 2 heterocycles. The summed E-state index contributed by atoms with van der Waals surface area (Å²) in [5.74, 6) is 1.75. The van der Waals surface area contributed by atoms with Crippen LogP contribution in [0.25, 0.3) is 0 Å². The Morgan fingerprint density at radius 1 is 1.38 bits per heavy atom. The maximum Gasteiger partial charge on any atom is 0.338 e. The van der Waals surface area contributed by atoms with Crippen molar-refractivity contribution in [3.05, 3.63) is 39.5 Å². The molecule has 1 aromatic carbocycles. The Kier molecular flexibility index (Phi) is 7.23. The monoisotopic (exact) mass is 480 g/mol. The molecule has 1 aromatic heterocycles. The van der Waals surface area contributed by atoms with Crippen molar-refractivity contribution >= 4 is 39.6 Å². The molecule has 0 amide bonds. The first kappa shape index (κ1) is 21.7. The number of hydrogen-bond donors (Lipinski definition) is 1. The van der Waals surface area contributed by atoms with Crippen LogP contribution in [0.15, 0.2) is 39.1 Å². The molecule has 7 nitrogen and oxygen atoms in total.